The summed E-state index contributed by atoms with van der Waals surface area (Å²) in [5.41, 5.74) is 5.14. The van der Waals surface area contributed by atoms with Crippen molar-refractivity contribution in [2.24, 2.45) is 0 Å². The summed E-state index contributed by atoms with van der Waals surface area (Å²) in [5, 5.41) is 7.22. The molecule has 2 aromatic carbocycles. The topological polar surface area (TPSA) is 27.3 Å². The third kappa shape index (κ3) is 4.06. The van der Waals surface area contributed by atoms with Gasteiger partial charge in [0.05, 0.1) is 0 Å². The molecule has 3 nitrogen and oxygen atoms in total. The Hall–Kier alpha value is -2.07. The minimum absolute atomic E-state index is 0.583. The molecule has 1 heterocycles. The first-order valence-corrected chi connectivity index (χ1v) is 9.00. The van der Waals surface area contributed by atoms with Crippen LogP contribution in [0, 0.1) is 6.92 Å². The summed E-state index contributed by atoms with van der Waals surface area (Å²) < 4.78 is 0. The van der Waals surface area contributed by atoms with E-state index in [-0.39, 0.29) is 0 Å². The Labute approximate surface area is 150 Å². The molecule has 0 saturated heterocycles. The van der Waals surface area contributed by atoms with Crippen LogP contribution in [0.4, 0.5) is 11.4 Å². The van der Waals surface area contributed by atoms with Gasteiger partial charge in [0.2, 0.25) is 0 Å². The van der Waals surface area contributed by atoms with Crippen molar-refractivity contribution in [1.82, 2.24) is 5.32 Å². The van der Waals surface area contributed by atoms with Crippen molar-refractivity contribution in [3.63, 3.8) is 0 Å². The van der Waals surface area contributed by atoms with Gasteiger partial charge in [-0.05, 0) is 62.7 Å². The van der Waals surface area contributed by atoms with Crippen LogP contribution in [0.15, 0.2) is 48.5 Å². The molecule has 24 heavy (non-hydrogen) atoms. The van der Waals surface area contributed by atoms with Crippen LogP contribution in [0.2, 0.25) is 0 Å². The average Bonchev–Trinajstić information content (AvgIpc) is 2.89. The minimum Gasteiger partial charge on any atom is -0.368 e. The number of para-hydroxylation sites is 1. The number of hydrogen-bond donors (Lipinski definition) is 2. The Morgan fingerprint density at radius 3 is 2.71 bits per heavy atom. The van der Waals surface area contributed by atoms with Crippen molar-refractivity contribution in [3.05, 3.63) is 59.7 Å². The first-order valence-electron chi connectivity index (χ1n) is 8.59. The fourth-order valence-corrected chi connectivity index (χ4v) is 3.45. The molecular formula is C20H25N3S. The van der Waals surface area contributed by atoms with Crippen molar-refractivity contribution < 1.29 is 0 Å². The van der Waals surface area contributed by atoms with Crippen molar-refractivity contribution >= 4 is 28.7 Å². The zero-order chi connectivity index (χ0) is 16.9. The standard InChI is InChI=1S/C20H25N3S/c1-15-8-10-18(11-9-15)22-20(24)21-12-5-13-23-16(2)14-17-6-3-4-7-19(17)23/h3-4,6-11,16H,5,12-14H2,1-2H3,(H2,21,22,24)/t16-/m0/s1. The molecule has 0 aliphatic carbocycles. The minimum atomic E-state index is 0.583. The number of nitrogens with zero attached hydrogens (tertiary/aromatic N) is 1. The molecule has 0 bridgehead atoms. The van der Waals surface area contributed by atoms with E-state index >= 15 is 0 Å². The number of nitrogens with one attached hydrogen (secondary N) is 2. The fraction of sp³-hybridized carbons (Fsp3) is 0.350. The second-order valence-electron chi connectivity index (χ2n) is 6.48. The van der Waals surface area contributed by atoms with Crippen LogP contribution >= 0.6 is 12.2 Å². The summed E-state index contributed by atoms with van der Waals surface area (Å²) >= 11 is 5.37. The van der Waals surface area contributed by atoms with Crippen LogP contribution in [0.5, 0.6) is 0 Å². The van der Waals surface area contributed by atoms with Gasteiger partial charge in [0, 0.05) is 30.5 Å². The van der Waals surface area contributed by atoms with Gasteiger partial charge >= 0.3 is 0 Å². The molecule has 1 aliphatic rings. The highest BCUT2D eigenvalue weighted by Crippen LogP contribution is 2.31. The predicted octanol–water partition coefficient (Wildman–Crippen LogP) is 4.12. The van der Waals surface area contributed by atoms with Gasteiger partial charge in [0.25, 0.3) is 0 Å². The monoisotopic (exact) mass is 339 g/mol. The van der Waals surface area contributed by atoms with Crippen molar-refractivity contribution in [2.75, 3.05) is 23.3 Å². The van der Waals surface area contributed by atoms with E-state index in [1.165, 1.54) is 16.8 Å². The number of fused-ring (bicyclic) bond motifs is 1. The quantitative estimate of drug-likeness (QED) is 0.633. The van der Waals surface area contributed by atoms with Crippen LogP contribution in [-0.4, -0.2) is 24.2 Å². The largest absolute Gasteiger partial charge is 0.368 e. The summed E-state index contributed by atoms with van der Waals surface area (Å²) in [6.45, 7) is 6.32. The molecule has 2 N–H and O–H groups in total. The van der Waals surface area contributed by atoms with Crippen LogP contribution in [0.3, 0.4) is 0 Å². The van der Waals surface area contributed by atoms with Crippen LogP contribution in [-0.2, 0) is 6.42 Å². The summed E-state index contributed by atoms with van der Waals surface area (Å²) in [6.07, 6.45) is 2.21. The van der Waals surface area contributed by atoms with E-state index in [1.807, 2.05) is 12.1 Å². The molecule has 0 unspecified atom stereocenters. The molecule has 0 saturated carbocycles. The highest BCUT2D eigenvalue weighted by atomic mass is 32.1. The Bertz CT molecular complexity index is 696. The van der Waals surface area contributed by atoms with Crippen molar-refractivity contribution in [1.29, 1.82) is 0 Å². The lowest BCUT2D eigenvalue weighted by Gasteiger charge is -2.25. The first kappa shape index (κ1) is 16.8. The third-order valence-electron chi connectivity index (χ3n) is 4.52. The van der Waals surface area contributed by atoms with E-state index in [0.29, 0.717) is 11.2 Å². The smallest absolute Gasteiger partial charge is 0.170 e. The van der Waals surface area contributed by atoms with Gasteiger partial charge in [-0.2, -0.15) is 0 Å². The lowest BCUT2D eigenvalue weighted by Crippen LogP contribution is -2.34. The average molecular weight is 340 g/mol. The molecule has 2 aromatic rings. The SMILES string of the molecule is Cc1ccc(NC(=S)NCCCN2c3ccccc3C[C@@H]2C)cc1. The Kier molecular flexibility index (Phi) is 5.36. The van der Waals surface area contributed by atoms with Crippen LogP contribution in [0.1, 0.15) is 24.5 Å². The zero-order valence-electron chi connectivity index (χ0n) is 14.4. The number of hydrogen-bond acceptors (Lipinski definition) is 2. The second-order valence-corrected chi connectivity index (χ2v) is 6.88. The molecule has 1 atom stereocenters. The van der Waals surface area contributed by atoms with Gasteiger partial charge in [-0.3, -0.25) is 0 Å². The molecule has 0 amide bonds. The number of rotatable bonds is 5. The van der Waals surface area contributed by atoms with E-state index in [1.54, 1.807) is 0 Å². The van der Waals surface area contributed by atoms with Crippen molar-refractivity contribution in [3.8, 4) is 0 Å². The predicted molar refractivity (Wildman–Crippen MR) is 107 cm³/mol. The number of benzene rings is 2. The molecule has 0 spiro atoms. The van der Waals surface area contributed by atoms with Crippen molar-refractivity contribution in [2.45, 2.75) is 32.7 Å². The molecule has 126 valence electrons. The number of thiocarbonyl (C=S) groups is 1. The zero-order valence-corrected chi connectivity index (χ0v) is 15.2. The first-order chi connectivity index (χ1) is 11.6. The van der Waals surface area contributed by atoms with Crippen LogP contribution in [0.25, 0.3) is 0 Å². The van der Waals surface area contributed by atoms with E-state index in [2.05, 4.69) is 65.8 Å². The van der Waals surface area contributed by atoms with Gasteiger partial charge in [0.15, 0.2) is 5.11 Å². The maximum atomic E-state index is 5.37. The van der Waals surface area contributed by atoms with E-state index in [9.17, 15) is 0 Å². The van der Waals surface area contributed by atoms with Gasteiger partial charge in [-0.25, -0.2) is 0 Å². The maximum Gasteiger partial charge on any atom is 0.170 e. The molecule has 0 aromatic heterocycles. The number of anilines is 2. The van der Waals surface area contributed by atoms with Gasteiger partial charge < -0.3 is 15.5 Å². The fourth-order valence-electron chi connectivity index (χ4n) is 3.23. The summed E-state index contributed by atoms with van der Waals surface area (Å²) in [6, 6.07) is 17.6. The Morgan fingerprint density at radius 2 is 1.92 bits per heavy atom. The molecule has 3 rings (SSSR count). The molecule has 1 aliphatic heterocycles. The van der Waals surface area contributed by atoms with E-state index in [0.717, 1.165) is 31.6 Å². The molecule has 0 radical (unpaired) electrons. The third-order valence-corrected chi connectivity index (χ3v) is 4.77. The van der Waals surface area contributed by atoms with Gasteiger partial charge in [-0.1, -0.05) is 35.9 Å². The molecular weight excluding hydrogens is 314 g/mol. The lowest BCUT2D eigenvalue weighted by atomic mass is 10.1. The van der Waals surface area contributed by atoms with Gasteiger partial charge in [0.1, 0.15) is 0 Å². The van der Waals surface area contributed by atoms with Crippen LogP contribution < -0.4 is 15.5 Å². The summed E-state index contributed by atoms with van der Waals surface area (Å²) in [5.74, 6) is 0. The Balaban J connectivity index is 1.42. The van der Waals surface area contributed by atoms with E-state index < -0.39 is 0 Å². The molecule has 0 fully saturated rings. The normalized spacial score (nSPS) is 15.9. The Morgan fingerprint density at radius 1 is 1.17 bits per heavy atom. The second kappa shape index (κ2) is 7.67. The molecule has 4 heteroatoms. The lowest BCUT2D eigenvalue weighted by molar-refractivity contribution is 0.641. The highest BCUT2D eigenvalue weighted by Gasteiger charge is 2.24. The highest BCUT2D eigenvalue weighted by molar-refractivity contribution is 7.80. The summed E-state index contributed by atoms with van der Waals surface area (Å²) in [4.78, 5) is 2.51. The summed E-state index contributed by atoms with van der Waals surface area (Å²) in [7, 11) is 0. The van der Waals surface area contributed by atoms with E-state index in [4.69, 9.17) is 12.2 Å². The maximum absolute atomic E-state index is 5.37. The number of aryl methyl sites for hydroxylation is 1. The van der Waals surface area contributed by atoms with Gasteiger partial charge in [-0.15, -0.1) is 0 Å².